The van der Waals surface area contributed by atoms with E-state index in [1.807, 2.05) is 44.2 Å². The largest absolute Gasteiger partial charge is 0.340 e. The van der Waals surface area contributed by atoms with Gasteiger partial charge in [0.2, 0.25) is 5.91 Å². The lowest BCUT2D eigenvalue weighted by Gasteiger charge is -2.26. The Balaban J connectivity index is 1.61. The first kappa shape index (κ1) is 21.6. The summed E-state index contributed by atoms with van der Waals surface area (Å²) >= 11 is 0. The molecule has 0 aliphatic carbocycles. The van der Waals surface area contributed by atoms with Crippen molar-refractivity contribution in [2.75, 3.05) is 11.9 Å². The van der Waals surface area contributed by atoms with Crippen LogP contribution in [-0.2, 0) is 15.0 Å². The number of carbonyl (C=O) groups is 3. The Morgan fingerprint density at radius 2 is 1.88 bits per heavy atom. The molecule has 2 aliphatic heterocycles. The maximum Gasteiger partial charge on any atom is 0.302 e. The van der Waals surface area contributed by atoms with E-state index < -0.39 is 17.6 Å². The van der Waals surface area contributed by atoms with Crippen LogP contribution in [0.2, 0.25) is 0 Å². The van der Waals surface area contributed by atoms with E-state index >= 15 is 0 Å². The van der Waals surface area contributed by atoms with E-state index in [4.69, 9.17) is 6.57 Å². The van der Waals surface area contributed by atoms with Gasteiger partial charge in [0, 0.05) is 17.8 Å². The van der Waals surface area contributed by atoms with Crippen LogP contribution in [0.1, 0.15) is 42.6 Å². The molecule has 0 unspecified atom stereocenters. The van der Waals surface area contributed by atoms with Crippen molar-refractivity contribution in [3.8, 4) is 0 Å². The molecule has 7 heteroatoms. The summed E-state index contributed by atoms with van der Waals surface area (Å²) in [6.07, 6.45) is -0.0803. The smallest absolute Gasteiger partial charge is 0.302 e. The normalized spacial score (nSPS) is 22.4. The fourth-order valence-electron chi connectivity index (χ4n) is 4.68. The zero-order valence-electron chi connectivity index (χ0n) is 18.2. The van der Waals surface area contributed by atoms with Crippen LogP contribution in [0.4, 0.5) is 5.69 Å². The Hall–Kier alpha value is -3.66. The molecule has 0 bridgehead atoms. The SMILES string of the molecule is [C-]#[N+][C@@H]1C[C@@]2(CN1C(=O)[C@H](CC(C)C)NC(=O)c1ccccc1)C(=O)Nc1ccccc12. The molecular formula is C25H26N4O3. The Morgan fingerprint density at radius 1 is 1.19 bits per heavy atom. The van der Waals surface area contributed by atoms with E-state index in [-0.39, 0.29) is 36.6 Å². The lowest BCUT2D eigenvalue weighted by molar-refractivity contribution is -0.134. The molecular weight excluding hydrogens is 404 g/mol. The minimum Gasteiger partial charge on any atom is -0.340 e. The Morgan fingerprint density at radius 3 is 2.56 bits per heavy atom. The molecule has 164 valence electrons. The predicted octanol–water partition coefficient (Wildman–Crippen LogP) is 3.20. The van der Waals surface area contributed by atoms with Gasteiger partial charge in [-0.05, 0) is 36.1 Å². The third-order valence-corrected chi connectivity index (χ3v) is 6.24. The number of benzene rings is 2. The number of para-hydroxylation sites is 1. The van der Waals surface area contributed by atoms with Crippen LogP contribution in [0, 0.1) is 12.5 Å². The molecule has 1 spiro atoms. The van der Waals surface area contributed by atoms with Crippen LogP contribution in [0.3, 0.4) is 0 Å². The number of likely N-dealkylation sites (tertiary alicyclic amines) is 1. The fraction of sp³-hybridized carbons (Fsp3) is 0.360. The van der Waals surface area contributed by atoms with Gasteiger partial charge in [-0.15, -0.1) is 0 Å². The van der Waals surface area contributed by atoms with Crippen molar-refractivity contribution in [2.45, 2.75) is 44.3 Å². The molecule has 2 N–H and O–H groups in total. The second-order valence-electron chi connectivity index (χ2n) is 8.88. The van der Waals surface area contributed by atoms with Gasteiger partial charge in [-0.3, -0.25) is 24.1 Å². The molecule has 3 atom stereocenters. The molecule has 32 heavy (non-hydrogen) atoms. The third kappa shape index (κ3) is 3.73. The summed E-state index contributed by atoms with van der Waals surface area (Å²) in [6.45, 7) is 11.8. The van der Waals surface area contributed by atoms with Crippen molar-refractivity contribution in [3.63, 3.8) is 0 Å². The number of hydrogen-bond acceptors (Lipinski definition) is 3. The molecule has 4 rings (SSSR count). The number of anilines is 1. The summed E-state index contributed by atoms with van der Waals surface area (Å²) in [5.41, 5.74) is 1.08. The number of hydrogen-bond donors (Lipinski definition) is 2. The van der Waals surface area contributed by atoms with Crippen LogP contribution >= 0.6 is 0 Å². The van der Waals surface area contributed by atoms with Crippen LogP contribution in [0.25, 0.3) is 4.85 Å². The predicted molar refractivity (Wildman–Crippen MR) is 121 cm³/mol. The Kier molecular flexibility index (Phi) is 5.70. The van der Waals surface area contributed by atoms with Gasteiger partial charge in [0.25, 0.3) is 11.8 Å². The van der Waals surface area contributed by atoms with Crippen LogP contribution < -0.4 is 10.6 Å². The molecule has 2 heterocycles. The first-order valence-corrected chi connectivity index (χ1v) is 10.8. The third-order valence-electron chi connectivity index (χ3n) is 6.24. The summed E-state index contributed by atoms with van der Waals surface area (Å²) in [5, 5.41) is 5.76. The molecule has 0 saturated carbocycles. The van der Waals surface area contributed by atoms with E-state index in [9.17, 15) is 14.4 Å². The molecule has 2 aromatic carbocycles. The quantitative estimate of drug-likeness (QED) is 0.715. The number of amides is 3. The topological polar surface area (TPSA) is 82.9 Å². The minimum absolute atomic E-state index is 0.123. The minimum atomic E-state index is -0.937. The van der Waals surface area contributed by atoms with Gasteiger partial charge in [-0.1, -0.05) is 50.2 Å². The average Bonchev–Trinajstić information content (AvgIpc) is 3.31. The summed E-state index contributed by atoms with van der Waals surface area (Å²) in [7, 11) is 0. The number of fused-ring (bicyclic) bond motifs is 2. The van der Waals surface area contributed by atoms with Crippen molar-refractivity contribution < 1.29 is 14.4 Å². The zero-order valence-corrected chi connectivity index (χ0v) is 18.2. The highest BCUT2D eigenvalue weighted by atomic mass is 16.2. The highest BCUT2D eigenvalue weighted by Crippen LogP contribution is 2.46. The van der Waals surface area contributed by atoms with Crippen LogP contribution in [-0.4, -0.2) is 41.4 Å². The van der Waals surface area contributed by atoms with Crippen molar-refractivity contribution in [2.24, 2.45) is 5.92 Å². The van der Waals surface area contributed by atoms with E-state index in [2.05, 4.69) is 15.5 Å². The molecule has 0 radical (unpaired) electrons. The Labute approximate surface area is 187 Å². The average molecular weight is 431 g/mol. The van der Waals surface area contributed by atoms with Gasteiger partial charge in [0.15, 0.2) is 0 Å². The molecule has 7 nitrogen and oxygen atoms in total. The number of nitrogens with one attached hydrogen (secondary N) is 2. The highest BCUT2D eigenvalue weighted by molar-refractivity contribution is 6.07. The highest BCUT2D eigenvalue weighted by Gasteiger charge is 2.59. The first-order chi connectivity index (χ1) is 15.4. The zero-order chi connectivity index (χ0) is 22.9. The number of nitrogens with zero attached hydrogens (tertiary/aromatic N) is 2. The van der Waals surface area contributed by atoms with Crippen molar-refractivity contribution in [1.29, 1.82) is 0 Å². The van der Waals surface area contributed by atoms with Crippen molar-refractivity contribution in [1.82, 2.24) is 10.2 Å². The van der Waals surface area contributed by atoms with E-state index in [0.29, 0.717) is 12.0 Å². The van der Waals surface area contributed by atoms with E-state index in [1.165, 1.54) is 4.90 Å². The molecule has 0 aromatic heterocycles. The van der Waals surface area contributed by atoms with Crippen LogP contribution in [0.15, 0.2) is 54.6 Å². The lowest BCUT2D eigenvalue weighted by atomic mass is 9.80. The fourth-order valence-corrected chi connectivity index (χ4v) is 4.68. The maximum atomic E-state index is 13.6. The second kappa shape index (κ2) is 8.46. The van der Waals surface area contributed by atoms with Gasteiger partial charge in [-0.2, -0.15) is 0 Å². The molecule has 1 saturated heterocycles. The van der Waals surface area contributed by atoms with Gasteiger partial charge >= 0.3 is 6.17 Å². The van der Waals surface area contributed by atoms with E-state index in [1.54, 1.807) is 24.3 Å². The number of carbonyl (C=O) groups excluding carboxylic acids is 3. The lowest BCUT2D eigenvalue weighted by Crippen LogP contribution is -2.51. The van der Waals surface area contributed by atoms with Gasteiger partial charge in [0.1, 0.15) is 11.5 Å². The van der Waals surface area contributed by atoms with Crippen LogP contribution in [0.5, 0.6) is 0 Å². The van der Waals surface area contributed by atoms with Gasteiger partial charge in [0.05, 0.1) is 6.42 Å². The monoisotopic (exact) mass is 430 g/mol. The maximum absolute atomic E-state index is 13.6. The summed E-state index contributed by atoms with van der Waals surface area (Å²) in [4.78, 5) is 44.5. The molecule has 2 aliphatic rings. The first-order valence-electron chi connectivity index (χ1n) is 10.8. The molecule has 2 aromatic rings. The van der Waals surface area contributed by atoms with Crippen molar-refractivity contribution in [3.05, 3.63) is 77.1 Å². The number of rotatable bonds is 5. The molecule has 1 fully saturated rings. The second-order valence-corrected chi connectivity index (χ2v) is 8.88. The van der Waals surface area contributed by atoms with Gasteiger partial charge in [-0.25, -0.2) is 6.57 Å². The Bertz CT molecular complexity index is 1090. The summed E-state index contributed by atoms with van der Waals surface area (Å²) in [5.74, 6) is -0.685. The summed E-state index contributed by atoms with van der Waals surface area (Å²) < 4.78 is 0. The van der Waals surface area contributed by atoms with E-state index in [0.717, 1.165) is 11.3 Å². The molecule has 3 amide bonds. The van der Waals surface area contributed by atoms with Crippen molar-refractivity contribution >= 4 is 23.4 Å². The van der Waals surface area contributed by atoms with Gasteiger partial charge < -0.3 is 10.6 Å². The summed E-state index contributed by atoms with van der Waals surface area (Å²) in [6, 6.07) is 15.4. The standard InChI is InChI=1S/C25H26N4O3/c1-16(2)13-20(27-22(30)17-9-5-4-6-10-17)23(31)29-15-25(14-21(29)26-3)18-11-7-8-12-19(18)28-24(25)32/h4-12,16,20-21H,13-15H2,1-2H3,(H,27,30)(H,28,32)/t20-,21-,25-/m0/s1.